The van der Waals surface area contributed by atoms with Gasteiger partial charge in [-0.3, -0.25) is 4.90 Å². The summed E-state index contributed by atoms with van der Waals surface area (Å²) in [6.45, 7) is 5.08. The second-order valence-corrected chi connectivity index (χ2v) is 5.34. The molecule has 0 atom stereocenters. The SMILES string of the molecule is O=CC1(CN2CCn3ccnc3C2)CCOCC1. The van der Waals surface area contributed by atoms with Crippen molar-refractivity contribution in [3.8, 4) is 0 Å². The van der Waals surface area contributed by atoms with Gasteiger partial charge in [-0.05, 0) is 12.8 Å². The maximum absolute atomic E-state index is 11.4. The highest BCUT2D eigenvalue weighted by atomic mass is 16.5. The molecule has 3 rings (SSSR count). The van der Waals surface area contributed by atoms with E-state index in [4.69, 9.17) is 4.74 Å². The van der Waals surface area contributed by atoms with E-state index in [-0.39, 0.29) is 5.41 Å². The fourth-order valence-electron chi connectivity index (χ4n) is 2.89. The number of rotatable bonds is 3. The molecule has 0 saturated carbocycles. The van der Waals surface area contributed by atoms with Crippen LogP contribution in [0.4, 0.5) is 0 Å². The van der Waals surface area contributed by atoms with E-state index in [1.807, 2.05) is 12.4 Å². The Morgan fingerprint density at radius 2 is 2.22 bits per heavy atom. The summed E-state index contributed by atoms with van der Waals surface area (Å²) in [5.41, 5.74) is -0.201. The number of ether oxygens (including phenoxy) is 1. The molecular formula is C13H19N3O2. The average molecular weight is 249 g/mol. The van der Waals surface area contributed by atoms with E-state index in [1.54, 1.807) is 0 Å². The number of nitrogens with zero attached hydrogens (tertiary/aromatic N) is 3. The minimum absolute atomic E-state index is 0.201. The van der Waals surface area contributed by atoms with Gasteiger partial charge < -0.3 is 14.1 Å². The summed E-state index contributed by atoms with van der Waals surface area (Å²) >= 11 is 0. The zero-order valence-electron chi connectivity index (χ0n) is 10.5. The van der Waals surface area contributed by atoms with Gasteiger partial charge in [-0.25, -0.2) is 4.98 Å². The van der Waals surface area contributed by atoms with Crippen LogP contribution in [-0.4, -0.2) is 47.0 Å². The first-order valence-corrected chi connectivity index (χ1v) is 6.58. The molecule has 0 aromatic carbocycles. The molecule has 98 valence electrons. The standard InChI is InChI=1S/C13H19N3O2/c17-11-13(1-7-18-8-2-13)10-15-5-6-16-4-3-14-12(16)9-15/h3-4,11H,1-2,5-10H2. The van der Waals surface area contributed by atoms with E-state index in [9.17, 15) is 4.79 Å². The molecule has 0 bridgehead atoms. The van der Waals surface area contributed by atoms with Gasteiger partial charge in [0.05, 0.1) is 6.54 Å². The highest BCUT2D eigenvalue weighted by Gasteiger charge is 2.35. The van der Waals surface area contributed by atoms with E-state index in [0.717, 1.165) is 51.1 Å². The van der Waals surface area contributed by atoms with Crippen LogP contribution in [0.1, 0.15) is 18.7 Å². The van der Waals surface area contributed by atoms with E-state index in [2.05, 4.69) is 14.5 Å². The summed E-state index contributed by atoms with van der Waals surface area (Å²) in [5.74, 6) is 1.11. The molecule has 1 aromatic rings. The molecule has 0 spiro atoms. The molecule has 0 amide bonds. The topological polar surface area (TPSA) is 47.4 Å². The fraction of sp³-hybridized carbons (Fsp3) is 0.692. The third-order valence-corrected chi connectivity index (χ3v) is 4.10. The molecule has 1 saturated heterocycles. The van der Waals surface area contributed by atoms with Gasteiger partial charge in [0.1, 0.15) is 12.1 Å². The molecule has 0 N–H and O–H groups in total. The highest BCUT2D eigenvalue weighted by molar-refractivity contribution is 5.60. The Morgan fingerprint density at radius 3 is 3.00 bits per heavy atom. The predicted molar refractivity (Wildman–Crippen MR) is 66.1 cm³/mol. The quantitative estimate of drug-likeness (QED) is 0.740. The molecule has 1 fully saturated rings. The number of aldehydes is 1. The average Bonchev–Trinajstić information content (AvgIpc) is 2.87. The summed E-state index contributed by atoms with van der Waals surface area (Å²) in [5, 5.41) is 0. The number of carbonyl (C=O) groups excluding carboxylic acids is 1. The lowest BCUT2D eigenvalue weighted by atomic mass is 9.81. The second kappa shape index (κ2) is 4.82. The molecule has 1 aromatic heterocycles. The van der Waals surface area contributed by atoms with Crippen LogP contribution in [0.3, 0.4) is 0 Å². The Labute approximate surface area is 107 Å². The zero-order valence-corrected chi connectivity index (χ0v) is 10.5. The molecule has 5 heteroatoms. The van der Waals surface area contributed by atoms with Gasteiger partial charge in [0.25, 0.3) is 0 Å². The lowest BCUT2D eigenvalue weighted by Crippen LogP contribution is -2.45. The number of imidazole rings is 1. The Hall–Kier alpha value is -1.20. The van der Waals surface area contributed by atoms with Crippen molar-refractivity contribution >= 4 is 6.29 Å². The first-order chi connectivity index (χ1) is 8.81. The van der Waals surface area contributed by atoms with Crippen LogP contribution in [-0.2, 0) is 22.6 Å². The summed E-state index contributed by atoms with van der Waals surface area (Å²) in [4.78, 5) is 18.2. The molecule has 3 heterocycles. The maximum Gasteiger partial charge on any atom is 0.127 e. The van der Waals surface area contributed by atoms with Crippen molar-refractivity contribution < 1.29 is 9.53 Å². The summed E-state index contributed by atoms with van der Waals surface area (Å²) in [7, 11) is 0. The number of aromatic nitrogens is 2. The second-order valence-electron chi connectivity index (χ2n) is 5.34. The Kier molecular flexibility index (Phi) is 3.18. The third-order valence-electron chi connectivity index (χ3n) is 4.10. The van der Waals surface area contributed by atoms with Crippen molar-refractivity contribution in [1.29, 1.82) is 0 Å². The van der Waals surface area contributed by atoms with Crippen molar-refractivity contribution in [3.63, 3.8) is 0 Å². The minimum Gasteiger partial charge on any atom is -0.381 e. The van der Waals surface area contributed by atoms with Gasteiger partial charge in [-0.1, -0.05) is 0 Å². The van der Waals surface area contributed by atoms with Crippen molar-refractivity contribution in [1.82, 2.24) is 14.5 Å². The first-order valence-electron chi connectivity index (χ1n) is 6.58. The molecule has 2 aliphatic heterocycles. The van der Waals surface area contributed by atoms with Crippen LogP contribution in [0.25, 0.3) is 0 Å². The van der Waals surface area contributed by atoms with Crippen molar-refractivity contribution in [2.45, 2.75) is 25.9 Å². The summed E-state index contributed by atoms with van der Waals surface area (Å²) < 4.78 is 7.55. The Morgan fingerprint density at radius 1 is 1.39 bits per heavy atom. The Bertz CT molecular complexity index is 424. The van der Waals surface area contributed by atoms with Gasteiger partial charge >= 0.3 is 0 Å². The fourth-order valence-corrected chi connectivity index (χ4v) is 2.89. The smallest absolute Gasteiger partial charge is 0.127 e. The maximum atomic E-state index is 11.4. The van der Waals surface area contributed by atoms with Crippen LogP contribution in [0.5, 0.6) is 0 Å². The molecule has 5 nitrogen and oxygen atoms in total. The first kappa shape index (κ1) is 11.9. The lowest BCUT2D eigenvalue weighted by molar-refractivity contribution is -0.123. The van der Waals surface area contributed by atoms with E-state index >= 15 is 0 Å². The van der Waals surface area contributed by atoms with Gasteiger partial charge in [-0.2, -0.15) is 0 Å². The van der Waals surface area contributed by atoms with Gasteiger partial charge in [0, 0.05) is 50.7 Å². The number of carbonyl (C=O) groups is 1. The van der Waals surface area contributed by atoms with Gasteiger partial charge in [0.15, 0.2) is 0 Å². The van der Waals surface area contributed by atoms with Crippen LogP contribution < -0.4 is 0 Å². The lowest BCUT2D eigenvalue weighted by Gasteiger charge is -2.38. The van der Waals surface area contributed by atoms with Crippen molar-refractivity contribution in [2.24, 2.45) is 5.41 Å². The largest absolute Gasteiger partial charge is 0.381 e. The monoisotopic (exact) mass is 249 g/mol. The van der Waals surface area contributed by atoms with Crippen molar-refractivity contribution in [2.75, 3.05) is 26.3 Å². The Balaban J connectivity index is 1.68. The predicted octanol–water partition coefficient (Wildman–Crippen LogP) is 0.694. The zero-order chi connectivity index (χ0) is 12.4. The van der Waals surface area contributed by atoms with E-state index < -0.39 is 0 Å². The molecule has 2 aliphatic rings. The molecule has 18 heavy (non-hydrogen) atoms. The van der Waals surface area contributed by atoms with E-state index in [1.165, 1.54) is 0 Å². The normalized spacial score (nSPS) is 23.6. The van der Waals surface area contributed by atoms with Crippen molar-refractivity contribution in [3.05, 3.63) is 18.2 Å². The number of fused-ring (bicyclic) bond motifs is 1. The number of hydrogen-bond acceptors (Lipinski definition) is 4. The van der Waals surface area contributed by atoms with Gasteiger partial charge in [-0.15, -0.1) is 0 Å². The third kappa shape index (κ3) is 2.20. The van der Waals surface area contributed by atoms with Crippen LogP contribution >= 0.6 is 0 Å². The highest BCUT2D eigenvalue weighted by Crippen LogP contribution is 2.30. The molecule has 0 radical (unpaired) electrons. The minimum atomic E-state index is -0.201. The summed E-state index contributed by atoms with van der Waals surface area (Å²) in [6, 6.07) is 0. The van der Waals surface area contributed by atoms with Crippen LogP contribution in [0, 0.1) is 5.41 Å². The summed E-state index contributed by atoms with van der Waals surface area (Å²) in [6.07, 6.45) is 6.72. The number of hydrogen-bond donors (Lipinski definition) is 0. The molecule has 0 unspecified atom stereocenters. The molecular weight excluding hydrogens is 230 g/mol. The van der Waals surface area contributed by atoms with Crippen LogP contribution in [0.15, 0.2) is 12.4 Å². The molecule has 0 aliphatic carbocycles. The van der Waals surface area contributed by atoms with Crippen LogP contribution in [0.2, 0.25) is 0 Å². The van der Waals surface area contributed by atoms with E-state index in [0.29, 0.717) is 13.2 Å². The van der Waals surface area contributed by atoms with Gasteiger partial charge in [0.2, 0.25) is 0 Å².